The lowest BCUT2D eigenvalue weighted by Gasteiger charge is -2.39. The van der Waals surface area contributed by atoms with Crippen LogP contribution in [0.3, 0.4) is 0 Å². The summed E-state index contributed by atoms with van der Waals surface area (Å²) in [5, 5.41) is 0. The van der Waals surface area contributed by atoms with Gasteiger partial charge in [0, 0.05) is 17.5 Å². The number of hydrogen-bond acceptors (Lipinski definition) is 4. The lowest BCUT2D eigenvalue weighted by atomic mass is 9.68. The third kappa shape index (κ3) is 8.28. The molecule has 0 bridgehead atoms. The first-order chi connectivity index (χ1) is 21.3. The summed E-state index contributed by atoms with van der Waals surface area (Å²) in [5.74, 6) is -0.543. The van der Waals surface area contributed by atoms with Crippen LogP contribution in [0.15, 0.2) is 36.4 Å². The Labute approximate surface area is 259 Å². The minimum absolute atomic E-state index is 0.0212. The predicted molar refractivity (Wildman–Crippen MR) is 162 cm³/mol. The standard InChI is InChI=1S/C36H48F4O4/c1-3-5-6-7-24-22-42-35(43-23-24)28-14-18-31(32(37)20-28)27-10-8-25(9-11-27)26-12-15-29(16-13-26)36(39,40)44-30-17-19-34(41-4-2)33(38)21-30/h14,17-21,24-27,29,35H,3-13,15-16,22-23H2,1-2H3. The molecule has 2 aliphatic carbocycles. The maximum absolute atomic E-state index is 15.3. The molecule has 0 radical (unpaired) electrons. The molecule has 0 spiro atoms. The van der Waals surface area contributed by atoms with Crippen molar-refractivity contribution in [3.05, 3.63) is 59.2 Å². The number of halogens is 4. The molecule has 0 N–H and O–H groups in total. The lowest BCUT2D eigenvalue weighted by molar-refractivity contribution is -0.224. The Morgan fingerprint density at radius 3 is 2.09 bits per heavy atom. The number of ether oxygens (including phenoxy) is 4. The maximum atomic E-state index is 15.3. The summed E-state index contributed by atoms with van der Waals surface area (Å²) in [7, 11) is 0. The highest BCUT2D eigenvalue weighted by atomic mass is 19.3. The molecule has 5 rings (SSSR count). The Morgan fingerprint density at radius 1 is 0.795 bits per heavy atom. The highest BCUT2D eigenvalue weighted by Gasteiger charge is 2.45. The van der Waals surface area contributed by atoms with Gasteiger partial charge in [-0.3, -0.25) is 0 Å². The van der Waals surface area contributed by atoms with E-state index < -0.39 is 24.1 Å². The quantitative estimate of drug-likeness (QED) is 0.175. The summed E-state index contributed by atoms with van der Waals surface area (Å²) < 4.78 is 81.5. The Hall–Kier alpha value is -2.32. The van der Waals surface area contributed by atoms with Gasteiger partial charge in [-0.2, -0.15) is 8.78 Å². The van der Waals surface area contributed by atoms with Crippen LogP contribution >= 0.6 is 0 Å². The highest BCUT2D eigenvalue weighted by Crippen LogP contribution is 2.47. The summed E-state index contributed by atoms with van der Waals surface area (Å²) in [6.45, 7) is 5.51. The van der Waals surface area contributed by atoms with E-state index in [1.807, 2.05) is 12.1 Å². The predicted octanol–water partition coefficient (Wildman–Crippen LogP) is 10.4. The molecule has 2 aromatic carbocycles. The molecule has 1 saturated heterocycles. The lowest BCUT2D eigenvalue weighted by Crippen LogP contribution is -2.38. The van der Waals surface area contributed by atoms with E-state index in [1.165, 1.54) is 31.4 Å². The van der Waals surface area contributed by atoms with Gasteiger partial charge in [-0.1, -0.05) is 38.3 Å². The van der Waals surface area contributed by atoms with Gasteiger partial charge in [-0.05, 0) is 106 Å². The van der Waals surface area contributed by atoms with Crippen molar-refractivity contribution in [3.8, 4) is 11.5 Å². The molecule has 0 atom stereocenters. The molecule has 1 aliphatic heterocycles. The van der Waals surface area contributed by atoms with Crippen LogP contribution in [0.1, 0.15) is 114 Å². The molecule has 244 valence electrons. The molecule has 2 aromatic rings. The van der Waals surface area contributed by atoms with E-state index in [-0.39, 0.29) is 29.8 Å². The molecule has 0 unspecified atom stereocenters. The molecule has 44 heavy (non-hydrogen) atoms. The Bertz CT molecular complexity index is 1180. The summed E-state index contributed by atoms with van der Waals surface area (Å²) in [4.78, 5) is 0. The van der Waals surface area contributed by atoms with E-state index in [9.17, 15) is 4.39 Å². The Morgan fingerprint density at radius 2 is 1.48 bits per heavy atom. The van der Waals surface area contributed by atoms with Gasteiger partial charge in [0.15, 0.2) is 17.9 Å². The van der Waals surface area contributed by atoms with Gasteiger partial charge in [0.25, 0.3) is 0 Å². The first-order valence-corrected chi connectivity index (χ1v) is 16.8. The van der Waals surface area contributed by atoms with E-state index >= 15 is 13.2 Å². The Balaban J connectivity index is 1.06. The van der Waals surface area contributed by atoms with Crippen LogP contribution in [-0.4, -0.2) is 25.9 Å². The fourth-order valence-electron chi connectivity index (χ4n) is 7.49. The monoisotopic (exact) mass is 620 g/mol. The second-order valence-electron chi connectivity index (χ2n) is 13.1. The molecular formula is C36H48F4O4. The van der Waals surface area contributed by atoms with Crippen LogP contribution in [-0.2, 0) is 9.47 Å². The topological polar surface area (TPSA) is 36.9 Å². The summed E-state index contributed by atoms with van der Waals surface area (Å²) >= 11 is 0. The minimum Gasteiger partial charge on any atom is -0.491 e. The van der Waals surface area contributed by atoms with Crippen molar-refractivity contribution < 1.29 is 36.5 Å². The molecule has 2 saturated carbocycles. The van der Waals surface area contributed by atoms with Gasteiger partial charge in [0.05, 0.1) is 25.7 Å². The second-order valence-corrected chi connectivity index (χ2v) is 13.1. The van der Waals surface area contributed by atoms with E-state index in [2.05, 4.69) is 6.92 Å². The van der Waals surface area contributed by atoms with Gasteiger partial charge in [-0.25, -0.2) is 8.78 Å². The molecule has 3 aliphatic rings. The minimum atomic E-state index is -3.37. The number of rotatable bonds is 12. The molecule has 1 heterocycles. The van der Waals surface area contributed by atoms with E-state index in [0.29, 0.717) is 43.8 Å². The van der Waals surface area contributed by atoms with Gasteiger partial charge < -0.3 is 18.9 Å². The number of unbranched alkanes of at least 4 members (excludes halogenated alkanes) is 2. The zero-order valence-electron chi connectivity index (χ0n) is 26.2. The summed E-state index contributed by atoms with van der Waals surface area (Å²) in [6, 6.07) is 9.03. The van der Waals surface area contributed by atoms with Crippen molar-refractivity contribution in [1.82, 2.24) is 0 Å². The van der Waals surface area contributed by atoms with Gasteiger partial charge >= 0.3 is 6.11 Å². The van der Waals surface area contributed by atoms with Crippen molar-refractivity contribution in [2.45, 2.75) is 109 Å². The average molecular weight is 621 g/mol. The number of benzene rings is 2. The van der Waals surface area contributed by atoms with Gasteiger partial charge in [-0.15, -0.1) is 0 Å². The zero-order valence-corrected chi connectivity index (χ0v) is 26.2. The molecular weight excluding hydrogens is 572 g/mol. The molecule has 0 amide bonds. The molecule has 0 aromatic heterocycles. The Kier molecular flexibility index (Phi) is 11.5. The number of hydrogen-bond donors (Lipinski definition) is 0. The largest absolute Gasteiger partial charge is 0.491 e. The first kappa shape index (κ1) is 33.1. The van der Waals surface area contributed by atoms with Crippen molar-refractivity contribution >= 4 is 0 Å². The maximum Gasteiger partial charge on any atom is 0.400 e. The van der Waals surface area contributed by atoms with Crippen LogP contribution < -0.4 is 9.47 Å². The third-order valence-corrected chi connectivity index (χ3v) is 10.1. The molecule has 8 heteroatoms. The fraction of sp³-hybridized carbons (Fsp3) is 0.667. The second kappa shape index (κ2) is 15.3. The number of alkyl halides is 2. The van der Waals surface area contributed by atoms with Crippen LogP contribution in [0.25, 0.3) is 0 Å². The fourth-order valence-corrected chi connectivity index (χ4v) is 7.49. The molecule has 4 nitrogen and oxygen atoms in total. The smallest absolute Gasteiger partial charge is 0.400 e. The van der Waals surface area contributed by atoms with E-state index in [0.717, 1.165) is 62.1 Å². The normalized spacial score (nSPS) is 28.0. The summed E-state index contributed by atoms with van der Waals surface area (Å²) in [5.41, 5.74) is 1.49. The zero-order chi connectivity index (χ0) is 31.1. The van der Waals surface area contributed by atoms with Crippen molar-refractivity contribution in [2.75, 3.05) is 19.8 Å². The first-order valence-electron chi connectivity index (χ1n) is 16.8. The van der Waals surface area contributed by atoms with Crippen molar-refractivity contribution in [2.24, 2.45) is 23.7 Å². The van der Waals surface area contributed by atoms with Crippen LogP contribution in [0.5, 0.6) is 11.5 Å². The van der Waals surface area contributed by atoms with Crippen LogP contribution in [0, 0.1) is 35.3 Å². The third-order valence-electron chi connectivity index (χ3n) is 10.1. The van der Waals surface area contributed by atoms with Gasteiger partial charge in [0.2, 0.25) is 0 Å². The van der Waals surface area contributed by atoms with Crippen LogP contribution in [0.2, 0.25) is 0 Å². The molecule has 3 fully saturated rings. The average Bonchev–Trinajstić information content (AvgIpc) is 3.03. The van der Waals surface area contributed by atoms with Gasteiger partial charge in [0.1, 0.15) is 11.6 Å². The van der Waals surface area contributed by atoms with Crippen molar-refractivity contribution in [1.29, 1.82) is 0 Å². The highest BCUT2D eigenvalue weighted by molar-refractivity contribution is 5.33. The SMILES string of the molecule is CCCCCC1COC(c2ccc(C3CCC(C4CCC(C(F)(F)Oc5ccc(OCC)c(F)c5)CC4)CC3)c(F)c2)OC1. The van der Waals surface area contributed by atoms with Crippen molar-refractivity contribution in [3.63, 3.8) is 0 Å². The van der Waals surface area contributed by atoms with E-state index in [4.69, 9.17) is 18.9 Å². The van der Waals surface area contributed by atoms with E-state index in [1.54, 1.807) is 13.0 Å². The summed E-state index contributed by atoms with van der Waals surface area (Å²) in [6.07, 6.45) is 6.79. The van der Waals surface area contributed by atoms with Crippen LogP contribution in [0.4, 0.5) is 17.6 Å².